The van der Waals surface area contributed by atoms with Gasteiger partial charge in [-0.3, -0.25) is 29.0 Å². The van der Waals surface area contributed by atoms with E-state index in [2.05, 4.69) is 10.6 Å². The highest BCUT2D eigenvalue weighted by Gasteiger charge is 2.92. The Bertz CT molecular complexity index is 1960. The van der Waals surface area contributed by atoms with E-state index in [1.165, 1.54) is 33.7 Å². The summed E-state index contributed by atoms with van der Waals surface area (Å²) in [5.41, 5.74) is -1.50. The molecule has 2 unspecified atom stereocenters. The van der Waals surface area contributed by atoms with E-state index in [1.54, 1.807) is 48.5 Å². The van der Waals surface area contributed by atoms with Crippen LogP contribution in [0, 0.1) is 0 Å². The number of nitrogens with zero attached hydrogens (tertiary/aromatic N) is 4. The first-order chi connectivity index (χ1) is 23.5. The molecule has 0 aliphatic carbocycles. The van der Waals surface area contributed by atoms with Crippen molar-refractivity contribution in [2.75, 3.05) is 37.9 Å². The molecular formula is C30H28N6O8S5. The Morgan fingerprint density at radius 3 is 1.53 bits per heavy atom. The van der Waals surface area contributed by atoms with E-state index in [1.807, 2.05) is 0 Å². The number of piperazine rings is 2. The van der Waals surface area contributed by atoms with Crippen molar-refractivity contribution in [3.63, 3.8) is 0 Å². The van der Waals surface area contributed by atoms with Crippen LogP contribution in [-0.2, 0) is 30.0 Å². The van der Waals surface area contributed by atoms with Crippen molar-refractivity contribution in [3.05, 3.63) is 59.7 Å². The number of hydrogen-bond acceptors (Lipinski definition) is 15. The fraction of sp³-hybridized carbons (Fsp3) is 0.467. The molecule has 12 rings (SSSR count). The molecule has 10 aliphatic rings. The molecule has 10 atom stereocenters. The molecule has 19 heteroatoms. The summed E-state index contributed by atoms with van der Waals surface area (Å²) < 4.78 is 0. The van der Waals surface area contributed by atoms with E-state index in [0.717, 1.165) is 53.0 Å². The summed E-state index contributed by atoms with van der Waals surface area (Å²) in [4.78, 5) is 57.0. The van der Waals surface area contributed by atoms with Crippen molar-refractivity contribution >= 4 is 88.0 Å². The van der Waals surface area contributed by atoms with Gasteiger partial charge in [0.1, 0.15) is 24.5 Å². The van der Waals surface area contributed by atoms with Gasteiger partial charge in [0.25, 0.3) is 23.6 Å². The van der Waals surface area contributed by atoms with Crippen LogP contribution in [0.2, 0.25) is 0 Å². The van der Waals surface area contributed by atoms with E-state index >= 15 is 0 Å². The molecule has 8 fully saturated rings. The molecule has 10 aliphatic heterocycles. The average molecular weight is 761 g/mol. The number of carbonyl (C=O) groups is 4. The van der Waals surface area contributed by atoms with Crippen LogP contribution in [0.4, 0.5) is 11.4 Å². The molecular weight excluding hydrogens is 733 g/mol. The molecule has 0 aromatic heterocycles. The molecule has 0 radical (unpaired) electrons. The predicted octanol–water partition coefficient (Wildman–Crippen LogP) is -0.0762. The summed E-state index contributed by atoms with van der Waals surface area (Å²) >= 11 is 0. The van der Waals surface area contributed by atoms with Crippen molar-refractivity contribution in [2.45, 2.75) is 54.9 Å². The van der Waals surface area contributed by atoms with Gasteiger partial charge in [-0.25, -0.2) is 0 Å². The van der Waals surface area contributed by atoms with E-state index in [4.69, 9.17) is 0 Å². The molecule has 0 saturated carbocycles. The number of nitrogens with one attached hydrogen (secondary N) is 2. The molecule has 256 valence electrons. The normalized spacial score (nSPS) is 45.1. The maximum Gasteiger partial charge on any atom is 0.265 e. The number of carbonyl (C=O) groups excluding carboxylic acids is 4. The van der Waals surface area contributed by atoms with Crippen molar-refractivity contribution < 1.29 is 39.6 Å². The van der Waals surface area contributed by atoms with Crippen LogP contribution in [0.3, 0.4) is 0 Å². The van der Waals surface area contributed by atoms with Gasteiger partial charge in [-0.05, 0) is 76.3 Å². The minimum Gasteiger partial charge on any atom is -0.392 e. The molecule has 10 heterocycles. The van der Waals surface area contributed by atoms with Crippen LogP contribution in [-0.4, -0.2) is 135 Å². The molecule has 2 spiro atoms. The van der Waals surface area contributed by atoms with Gasteiger partial charge in [0.05, 0.1) is 24.0 Å². The Labute approximate surface area is 298 Å². The van der Waals surface area contributed by atoms with E-state index < -0.39 is 91.7 Å². The fourth-order valence-corrected chi connectivity index (χ4v) is 19.6. The van der Waals surface area contributed by atoms with Gasteiger partial charge < -0.3 is 40.9 Å². The van der Waals surface area contributed by atoms with Crippen molar-refractivity contribution in [2.24, 2.45) is 0 Å². The van der Waals surface area contributed by atoms with Crippen molar-refractivity contribution in [1.29, 1.82) is 0 Å². The van der Waals surface area contributed by atoms with Crippen LogP contribution >= 0.6 is 53.0 Å². The van der Waals surface area contributed by atoms with Gasteiger partial charge >= 0.3 is 0 Å². The Kier molecular flexibility index (Phi) is 5.93. The number of benzene rings is 2. The molecule has 49 heavy (non-hydrogen) atoms. The number of para-hydroxylation sites is 2. The maximum absolute atomic E-state index is 14.9. The summed E-state index contributed by atoms with van der Waals surface area (Å²) in [7, 11) is 8.07. The number of aliphatic hydroxyl groups excluding tert-OH is 4. The second kappa shape index (κ2) is 9.29. The van der Waals surface area contributed by atoms with Gasteiger partial charge in [-0.1, -0.05) is 36.4 Å². The lowest BCUT2D eigenvalue weighted by molar-refractivity contribution is -0.169. The third-order valence-corrected chi connectivity index (χ3v) is 20.9. The van der Waals surface area contributed by atoms with Crippen LogP contribution in [0.15, 0.2) is 48.5 Å². The molecule has 6 N–H and O–H groups in total. The minimum atomic E-state index is -1.95. The zero-order valence-electron chi connectivity index (χ0n) is 25.6. The summed E-state index contributed by atoms with van der Waals surface area (Å²) in [6, 6.07) is 14.3. The third kappa shape index (κ3) is 2.73. The summed E-state index contributed by atoms with van der Waals surface area (Å²) in [6.45, 7) is -1.37. The van der Waals surface area contributed by atoms with Gasteiger partial charge in [-0.15, -0.1) is 0 Å². The number of aliphatic hydroxyl groups is 4. The highest BCUT2D eigenvalue weighted by atomic mass is 33.5. The third-order valence-electron chi connectivity index (χ3n) is 12.2. The van der Waals surface area contributed by atoms with Gasteiger partial charge in [-0.2, -0.15) is 0 Å². The van der Waals surface area contributed by atoms with E-state index in [0.29, 0.717) is 22.5 Å². The largest absolute Gasteiger partial charge is 0.392 e. The number of fused-ring (bicyclic) bond motifs is 12. The number of amides is 4. The number of rotatable bonds is 3. The number of hydrogen-bond donors (Lipinski definition) is 6. The zero-order valence-corrected chi connectivity index (χ0v) is 29.7. The van der Waals surface area contributed by atoms with Gasteiger partial charge in [0, 0.05) is 25.5 Å². The first-order valence-corrected chi connectivity index (χ1v) is 21.0. The van der Waals surface area contributed by atoms with Crippen LogP contribution < -0.4 is 10.6 Å². The quantitative estimate of drug-likeness (QED) is 0.228. The molecule has 2 aromatic carbocycles. The topological polar surface area (TPSA) is 186 Å². The lowest BCUT2D eigenvalue weighted by Crippen LogP contribution is -2.79. The minimum absolute atomic E-state index is 0.495. The first-order valence-electron chi connectivity index (χ1n) is 15.4. The van der Waals surface area contributed by atoms with Gasteiger partial charge in [0.15, 0.2) is 0 Å². The van der Waals surface area contributed by atoms with Crippen LogP contribution in [0.5, 0.6) is 0 Å². The summed E-state index contributed by atoms with van der Waals surface area (Å²) in [5, 5.41) is 55.1. The number of likely N-dealkylation sites (N-methyl/N-ethyl adjacent to an activating group) is 2. The average Bonchev–Trinajstić information content (AvgIpc) is 3.71. The smallest absolute Gasteiger partial charge is 0.265 e. The monoisotopic (exact) mass is 760 g/mol. The Balaban J connectivity index is 1.34. The molecule has 14 nitrogen and oxygen atoms in total. The van der Waals surface area contributed by atoms with Crippen LogP contribution in [0.1, 0.15) is 11.1 Å². The summed E-state index contributed by atoms with van der Waals surface area (Å²) in [5.74, 6) is -2.38. The molecule has 2 aromatic rings. The highest BCUT2D eigenvalue weighted by Crippen LogP contribution is 2.78. The van der Waals surface area contributed by atoms with Crippen molar-refractivity contribution in [1.82, 2.24) is 19.6 Å². The van der Waals surface area contributed by atoms with Gasteiger partial charge in [0.2, 0.25) is 19.5 Å². The zero-order chi connectivity index (χ0) is 34.3. The van der Waals surface area contributed by atoms with Crippen molar-refractivity contribution in [3.8, 4) is 0 Å². The lowest BCUT2D eigenvalue weighted by Gasteiger charge is -2.58. The van der Waals surface area contributed by atoms with E-state index in [9.17, 15) is 39.6 Å². The molecule has 4 bridgehead atoms. The predicted molar refractivity (Wildman–Crippen MR) is 185 cm³/mol. The highest BCUT2D eigenvalue weighted by molar-refractivity contribution is 9.10. The standard InChI is InChI=1S/C30H28N6O8S5/c1-33-23(43)29-17(39)27(13-7-3-5-9-15(13)31-19(27)35(29)21(41)25(33,11-37)45-47-29)28-14-8-4-6-10-16(14)32-20(28)36-22(42)26(12-38)34(2)24(44)30(36,18(28)40)48-49-46-26/h3-10,17-20,31-32,37-40H,11-12H2,1-2H3/t17-,18-,19+,20+,25-,26-,27?,28?,29-,30-/m0/s1. The second-order valence-electron chi connectivity index (χ2n) is 13.5. The number of anilines is 2. The van der Waals surface area contributed by atoms with E-state index in [-0.39, 0.29) is 0 Å². The summed E-state index contributed by atoms with van der Waals surface area (Å²) in [6.07, 6.45) is -5.84. The Morgan fingerprint density at radius 1 is 0.633 bits per heavy atom. The second-order valence-corrected chi connectivity index (χ2v) is 20.5. The first kappa shape index (κ1) is 31.3. The lowest BCUT2D eigenvalue weighted by atomic mass is 9.52. The van der Waals surface area contributed by atoms with Crippen LogP contribution in [0.25, 0.3) is 0 Å². The molecule has 8 saturated heterocycles. The Morgan fingerprint density at radius 2 is 1.06 bits per heavy atom. The molecule has 4 amide bonds. The maximum atomic E-state index is 14.9. The SMILES string of the molecule is CN1C(=O)[C@]23SSS[C@@]1(CO)C(=O)N2[C@H]1Nc2ccccc2C1(C12c4ccccc4N[C@@H]1N1C(=O)[C@]4(CO)SS[C@]1(C(=O)N4C)[C@H]2O)[C@@H]3O. The fourth-order valence-electron chi connectivity index (χ4n) is 10.0. The Hall–Kier alpha value is -2.49.